The van der Waals surface area contributed by atoms with Crippen molar-refractivity contribution in [3.63, 3.8) is 0 Å². The quantitative estimate of drug-likeness (QED) is 0.166. The number of para-hydroxylation sites is 4. The van der Waals surface area contributed by atoms with Crippen LogP contribution in [0.2, 0.25) is 0 Å². The van der Waals surface area contributed by atoms with Crippen molar-refractivity contribution in [1.29, 1.82) is 0 Å². The molecule has 0 aliphatic carbocycles. The normalized spacial score (nSPS) is 20.5. The first kappa shape index (κ1) is 38.3. The van der Waals surface area contributed by atoms with Crippen LogP contribution in [0.3, 0.4) is 0 Å². The van der Waals surface area contributed by atoms with Crippen molar-refractivity contribution in [1.82, 2.24) is 9.97 Å². The summed E-state index contributed by atoms with van der Waals surface area (Å²) in [5, 5.41) is 0. The zero-order chi connectivity index (χ0) is 43.1. The Bertz CT molecular complexity index is 3160. The smallest absolute Gasteiger partial charge is 0.179 e. The number of aryl methyl sites for hydroxylation is 2. The van der Waals surface area contributed by atoms with Crippen molar-refractivity contribution in [2.45, 2.75) is 57.8 Å². The van der Waals surface area contributed by atoms with Gasteiger partial charge in [0.2, 0.25) is 0 Å². The molecule has 5 heterocycles. The molecule has 312 valence electrons. The van der Waals surface area contributed by atoms with Gasteiger partial charge in [0.1, 0.15) is 12.3 Å². The lowest BCUT2D eigenvalue weighted by Gasteiger charge is -2.57. The van der Waals surface area contributed by atoms with Crippen LogP contribution in [0.4, 0.5) is 34.4 Å². The number of hydrogen-bond acceptors (Lipinski definition) is 6. The van der Waals surface area contributed by atoms with Crippen molar-refractivity contribution < 1.29 is 0 Å². The first-order valence-electron chi connectivity index (χ1n) is 22.8. The molecular formula is C58H50N6. The molecule has 12 rings (SSSR count). The molecule has 0 spiro atoms. The second kappa shape index (κ2) is 14.8. The van der Waals surface area contributed by atoms with Gasteiger partial charge in [0, 0.05) is 46.4 Å². The molecule has 0 saturated heterocycles. The number of nitrogens with zero attached hydrogens (tertiary/aromatic N) is 6. The van der Waals surface area contributed by atoms with Crippen molar-refractivity contribution in [3.8, 4) is 22.3 Å². The summed E-state index contributed by atoms with van der Waals surface area (Å²) in [7, 11) is 0. The number of fused-ring (bicyclic) bond motifs is 13. The monoisotopic (exact) mass is 830 g/mol. The largest absolute Gasteiger partial charge is 0.325 e. The maximum absolute atomic E-state index is 5.50. The minimum Gasteiger partial charge on any atom is -0.325 e. The van der Waals surface area contributed by atoms with Crippen LogP contribution in [0.1, 0.15) is 49.4 Å². The number of aromatic nitrogens is 2. The van der Waals surface area contributed by atoms with Gasteiger partial charge >= 0.3 is 0 Å². The summed E-state index contributed by atoms with van der Waals surface area (Å²) in [6, 6.07) is 62.1. The summed E-state index contributed by atoms with van der Waals surface area (Å²) >= 11 is 0. The summed E-state index contributed by atoms with van der Waals surface area (Å²) < 4.78 is 0. The van der Waals surface area contributed by atoms with Gasteiger partial charge in [-0.3, -0.25) is 0 Å². The zero-order valence-electron chi connectivity index (χ0n) is 36.6. The van der Waals surface area contributed by atoms with Gasteiger partial charge in [0.25, 0.3) is 0 Å². The van der Waals surface area contributed by atoms with E-state index in [4.69, 9.17) is 16.5 Å². The number of hydrogen-bond donors (Lipinski definition) is 0. The molecular weight excluding hydrogens is 781 g/mol. The van der Waals surface area contributed by atoms with Gasteiger partial charge < -0.3 is 19.6 Å². The molecule has 0 N–H and O–H groups in total. The lowest BCUT2D eigenvalue weighted by atomic mass is 9.61. The van der Waals surface area contributed by atoms with E-state index in [1.54, 1.807) is 0 Å². The fourth-order valence-corrected chi connectivity index (χ4v) is 11.5. The number of rotatable bonds is 6. The van der Waals surface area contributed by atoms with Gasteiger partial charge in [-0.05, 0) is 118 Å². The minimum atomic E-state index is -0.411. The van der Waals surface area contributed by atoms with E-state index < -0.39 is 5.41 Å². The Balaban J connectivity index is 1.11. The van der Waals surface area contributed by atoms with Crippen molar-refractivity contribution in [2.75, 3.05) is 19.6 Å². The Morgan fingerprint density at radius 3 is 1.81 bits per heavy atom. The van der Waals surface area contributed by atoms with Gasteiger partial charge in [-0.15, -0.1) is 0 Å². The van der Waals surface area contributed by atoms with Crippen LogP contribution in [-0.2, 0) is 18.3 Å². The van der Waals surface area contributed by atoms with Crippen LogP contribution in [0.15, 0.2) is 189 Å². The van der Waals surface area contributed by atoms with E-state index in [-0.39, 0.29) is 18.2 Å². The standard InChI is InChI=1S/C58H50N6/c1-5-39-18-10-12-22-45(39)41-28-31-43(32-29-41)61-34-35-62-51-33-30-42(46-23-13-11-19-40(46)6-2)36-47(51)38(3)37-58(4)48-24-14-17-27-52(48)64-55-54(59-49-25-15-16-26-50(49)60-55)63(44-20-8-7-9-21-44)57(64)53(58)56(61)62/h7-36,53,56-57H,3,5-6,37H2,1-2,4H3. The Labute approximate surface area is 376 Å². The SMILES string of the molecule is C=C1CC2(C)c3ccccc3N3c4nc5ccccc5nc4N(c4ccccc4)C3C2C2N(c3ccc(-c4ccccc4CC)cc3)C=CN2c2ccc(-c3ccccc3CC)cc21. The van der Waals surface area contributed by atoms with E-state index in [9.17, 15) is 0 Å². The molecule has 4 aliphatic rings. The highest BCUT2D eigenvalue weighted by molar-refractivity contribution is 5.93. The van der Waals surface area contributed by atoms with Crippen LogP contribution >= 0.6 is 0 Å². The van der Waals surface area contributed by atoms with E-state index in [0.717, 1.165) is 70.3 Å². The van der Waals surface area contributed by atoms with Gasteiger partial charge in [0.15, 0.2) is 11.6 Å². The molecule has 4 atom stereocenters. The maximum Gasteiger partial charge on any atom is 0.179 e. The first-order chi connectivity index (χ1) is 31.4. The van der Waals surface area contributed by atoms with E-state index in [2.05, 4.69) is 223 Å². The Hall–Kier alpha value is -7.44. The Morgan fingerprint density at radius 2 is 1.11 bits per heavy atom. The minimum absolute atomic E-state index is 0.0531. The molecule has 8 aromatic rings. The lowest BCUT2D eigenvalue weighted by Crippen LogP contribution is -2.65. The third kappa shape index (κ3) is 5.71. The van der Waals surface area contributed by atoms with Crippen molar-refractivity contribution in [2.24, 2.45) is 5.92 Å². The Kier molecular flexibility index (Phi) is 8.87. The second-order valence-corrected chi connectivity index (χ2v) is 17.9. The van der Waals surface area contributed by atoms with Gasteiger partial charge in [-0.1, -0.05) is 143 Å². The molecule has 4 aliphatic heterocycles. The average molecular weight is 831 g/mol. The van der Waals surface area contributed by atoms with E-state index in [1.807, 2.05) is 0 Å². The fraction of sp³-hybridized carbons (Fsp3) is 0.172. The third-order valence-electron chi connectivity index (χ3n) is 14.5. The summed E-state index contributed by atoms with van der Waals surface area (Å²) in [6.45, 7) is 12.0. The molecule has 0 saturated carbocycles. The molecule has 7 aromatic carbocycles. The molecule has 1 aromatic heterocycles. The molecule has 6 nitrogen and oxygen atoms in total. The Morgan fingerprint density at radius 1 is 0.531 bits per heavy atom. The van der Waals surface area contributed by atoms with E-state index in [1.165, 1.54) is 44.5 Å². The summed E-state index contributed by atoms with van der Waals surface area (Å²) in [4.78, 5) is 21.1. The van der Waals surface area contributed by atoms with E-state index >= 15 is 0 Å². The van der Waals surface area contributed by atoms with Crippen LogP contribution in [0.5, 0.6) is 0 Å². The number of allylic oxidation sites excluding steroid dienone is 1. The second-order valence-electron chi connectivity index (χ2n) is 17.9. The van der Waals surface area contributed by atoms with E-state index in [0.29, 0.717) is 0 Å². The molecule has 64 heavy (non-hydrogen) atoms. The van der Waals surface area contributed by atoms with Crippen LogP contribution in [0.25, 0.3) is 38.9 Å². The van der Waals surface area contributed by atoms with Crippen LogP contribution in [-0.4, -0.2) is 22.3 Å². The van der Waals surface area contributed by atoms with Gasteiger partial charge in [-0.25, -0.2) is 9.97 Å². The van der Waals surface area contributed by atoms with Crippen LogP contribution in [0, 0.1) is 5.92 Å². The van der Waals surface area contributed by atoms with Crippen molar-refractivity contribution >= 4 is 51.0 Å². The molecule has 6 heteroatoms. The van der Waals surface area contributed by atoms with Crippen molar-refractivity contribution in [3.05, 3.63) is 211 Å². The summed E-state index contributed by atoms with van der Waals surface area (Å²) in [5.41, 5.74) is 17.3. The number of anilines is 6. The molecule has 0 radical (unpaired) electrons. The highest BCUT2D eigenvalue weighted by atomic mass is 15.5. The lowest BCUT2D eigenvalue weighted by molar-refractivity contribution is 0.202. The van der Waals surface area contributed by atoms with Gasteiger partial charge in [0.05, 0.1) is 16.7 Å². The third-order valence-corrected chi connectivity index (χ3v) is 14.5. The van der Waals surface area contributed by atoms with Crippen LogP contribution < -0.4 is 19.6 Å². The maximum atomic E-state index is 5.50. The topological polar surface area (TPSA) is 38.7 Å². The average Bonchev–Trinajstić information content (AvgIpc) is 3.92. The number of benzene rings is 7. The molecule has 0 amide bonds. The van der Waals surface area contributed by atoms with Gasteiger partial charge in [-0.2, -0.15) is 0 Å². The molecule has 4 unspecified atom stereocenters. The highest BCUT2D eigenvalue weighted by Gasteiger charge is 2.61. The summed E-state index contributed by atoms with van der Waals surface area (Å²) in [6.07, 6.45) is 6.98. The zero-order valence-corrected chi connectivity index (χ0v) is 36.6. The predicted octanol–water partition coefficient (Wildman–Crippen LogP) is 13.8. The molecule has 0 bridgehead atoms. The fourth-order valence-electron chi connectivity index (χ4n) is 11.5. The summed E-state index contributed by atoms with van der Waals surface area (Å²) in [5.74, 6) is 1.70. The first-order valence-corrected chi connectivity index (χ1v) is 22.8. The highest BCUT2D eigenvalue weighted by Crippen LogP contribution is 2.62. The predicted molar refractivity (Wildman–Crippen MR) is 265 cm³/mol. The molecule has 0 fully saturated rings.